The summed E-state index contributed by atoms with van der Waals surface area (Å²) in [4.78, 5) is 11.6. The maximum absolute atomic E-state index is 11.6. The van der Waals surface area contributed by atoms with E-state index < -0.39 is 0 Å². The molecule has 0 aliphatic rings. The minimum absolute atomic E-state index is 0.00333. The van der Waals surface area contributed by atoms with Crippen molar-refractivity contribution in [1.82, 2.24) is 5.32 Å². The first-order valence-electron chi connectivity index (χ1n) is 5.02. The second-order valence-electron chi connectivity index (χ2n) is 4.71. The Balaban J connectivity index is 2.65. The zero-order valence-electron chi connectivity index (χ0n) is 9.60. The van der Waals surface area contributed by atoms with Gasteiger partial charge in [0.05, 0.1) is 0 Å². The van der Waals surface area contributed by atoms with E-state index >= 15 is 0 Å². The van der Waals surface area contributed by atoms with Crippen LogP contribution in [0.5, 0.6) is 0 Å². The fourth-order valence-corrected chi connectivity index (χ4v) is 1.73. The molecule has 0 aromatic heterocycles. The van der Waals surface area contributed by atoms with Gasteiger partial charge in [0, 0.05) is 22.0 Å². The van der Waals surface area contributed by atoms with Crippen LogP contribution >= 0.6 is 23.2 Å². The average molecular weight is 260 g/mol. The Kier molecular flexibility index (Phi) is 4.22. The Morgan fingerprint density at radius 2 is 1.69 bits per heavy atom. The van der Waals surface area contributed by atoms with Gasteiger partial charge in [-0.25, -0.2) is 0 Å². The van der Waals surface area contributed by atoms with Crippen LogP contribution in [0.25, 0.3) is 0 Å². The summed E-state index contributed by atoms with van der Waals surface area (Å²) < 4.78 is 0. The molecule has 0 spiro atoms. The molecular formula is C12H15Cl2NO. The van der Waals surface area contributed by atoms with E-state index in [2.05, 4.69) is 5.32 Å². The van der Waals surface area contributed by atoms with Crippen LogP contribution in [-0.2, 0) is 11.3 Å². The normalized spacial score (nSPS) is 11.3. The van der Waals surface area contributed by atoms with Gasteiger partial charge in [0.15, 0.2) is 0 Å². The number of hydrogen-bond donors (Lipinski definition) is 1. The molecule has 0 aliphatic heterocycles. The van der Waals surface area contributed by atoms with Crippen LogP contribution in [0.15, 0.2) is 18.2 Å². The lowest BCUT2D eigenvalue weighted by Gasteiger charge is -2.17. The standard InChI is InChI=1S/C12H15Cl2NO/c1-12(2,3)11(16)15-7-8-4-9(13)6-10(14)5-8/h4-6H,7H2,1-3H3,(H,15,16). The van der Waals surface area contributed by atoms with Gasteiger partial charge in [0.1, 0.15) is 0 Å². The number of benzene rings is 1. The van der Waals surface area contributed by atoms with Crippen molar-refractivity contribution in [3.05, 3.63) is 33.8 Å². The first-order valence-corrected chi connectivity index (χ1v) is 5.78. The molecule has 0 unspecified atom stereocenters. The highest BCUT2D eigenvalue weighted by molar-refractivity contribution is 6.34. The van der Waals surface area contributed by atoms with Crippen molar-refractivity contribution in [3.8, 4) is 0 Å². The summed E-state index contributed by atoms with van der Waals surface area (Å²) in [5, 5.41) is 3.99. The smallest absolute Gasteiger partial charge is 0.225 e. The van der Waals surface area contributed by atoms with Gasteiger partial charge in [-0.15, -0.1) is 0 Å². The highest BCUT2D eigenvalue weighted by Crippen LogP contribution is 2.19. The Bertz CT molecular complexity index is 376. The van der Waals surface area contributed by atoms with E-state index in [1.54, 1.807) is 18.2 Å². The predicted molar refractivity (Wildman–Crippen MR) is 67.8 cm³/mol. The van der Waals surface area contributed by atoms with Crippen LogP contribution in [0.4, 0.5) is 0 Å². The quantitative estimate of drug-likeness (QED) is 0.863. The van der Waals surface area contributed by atoms with Gasteiger partial charge < -0.3 is 5.32 Å². The van der Waals surface area contributed by atoms with Gasteiger partial charge in [-0.1, -0.05) is 44.0 Å². The topological polar surface area (TPSA) is 29.1 Å². The maximum Gasteiger partial charge on any atom is 0.225 e. The molecule has 1 aromatic rings. The number of halogens is 2. The Labute approximate surface area is 106 Å². The van der Waals surface area contributed by atoms with Gasteiger partial charge in [-0.2, -0.15) is 0 Å². The fourth-order valence-electron chi connectivity index (χ4n) is 1.16. The molecule has 0 fully saturated rings. The van der Waals surface area contributed by atoms with Crippen LogP contribution in [0.2, 0.25) is 10.0 Å². The van der Waals surface area contributed by atoms with Crippen molar-refractivity contribution in [2.24, 2.45) is 5.41 Å². The third kappa shape index (κ3) is 4.03. The number of carbonyl (C=O) groups is 1. The van der Waals surface area contributed by atoms with E-state index in [-0.39, 0.29) is 11.3 Å². The van der Waals surface area contributed by atoms with E-state index in [0.29, 0.717) is 16.6 Å². The lowest BCUT2D eigenvalue weighted by molar-refractivity contribution is -0.128. The largest absolute Gasteiger partial charge is 0.352 e. The van der Waals surface area contributed by atoms with Crippen molar-refractivity contribution >= 4 is 29.1 Å². The number of rotatable bonds is 2. The fraction of sp³-hybridized carbons (Fsp3) is 0.417. The minimum Gasteiger partial charge on any atom is -0.352 e. The number of carbonyl (C=O) groups excluding carboxylic acids is 1. The summed E-state index contributed by atoms with van der Waals surface area (Å²) in [5.74, 6) is 0.00333. The molecule has 0 saturated heterocycles. The zero-order valence-corrected chi connectivity index (χ0v) is 11.1. The number of nitrogens with one attached hydrogen (secondary N) is 1. The molecule has 0 radical (unpaired) electrons. The molecule has 0 bridgehead atoms. The molecule has 0 atom stereocenters. The summed E-state index contributed by atoms with van der Waals surface area (Å²) >= 11 is 11.7. The molecule has 0 heterocycles. The molecule has 1 aromatic carbocycles. The van der Waals surface area contributed by atoms with E-state index in [4.69, 9.17) is 23.2 Å². The molecule has 2 nitrogen and oxygen atoms in total. The molecule has 1 amide bonds. The third-order valence-electron chi connectivity index (χ3n) is 2.06. The summed E-state index contributed by atoms with van der Waals surface area (Å²) in [6, 6.07) is 5.24. The SMILES string of the molecule is CC(C)(C)C(=O)NCc1cc(Cl)cc(Cl)c1. The molecule has 1 N–H and O–H groups in total. The second-order valence-corrected chi connectivity index (χ2v) is 5.58. The summed E-state index contributed by atoms with van der Waals surface area (Å²) in [5.41, 5.74) is 0.512. The predicted octanol–water partition coefficient (Wildman–Crippen LogP) is 3.66. The molecule has 1 rings (SSSR count). The van der Waals surface area contributed by atoms with Crippen LogP contribution in [0, 0.1) is 5.41 Å². The van der Waals surface area contributed by atoms with Crippen LogP contribution in [0.3, 0.4) is 0 Å². The highest BCUT2D eigenvalue weighted by Gasteiger charge is 2.20. The van der Waals surface area contributed by atoms with Crippen molar-refractivity contribution in [1.29, 1.82) is 0 Å². The molecular weight excluding hydrogens is 245 g/mol. The lowest BCUT2D eigenvalue weighted by atomic mass is 9.95. The van der Waals surface area contributed by atoms with Crippen LogP contribution in [0.1, 0.15) is 26.3 Å². The van der Waals surface area contributed by atoms with E-state index in [9.17, 15) is 4.79 Å². The third-order valence-corrected chi connectivity index (χ3v) is 2.49. The van der Waals surface area contributed by atoms with Crippen LogP contribution in [-0.4, -0.2) is 5.91 Å². The molecule has 0 saturated carbocycles. The molecule has 16 heavy (non-hydrogen) atoms. The van der Waals surface area contributed by atoms with E-state index in [1.165, 1.54) is 0 Å². The first-order chi connectivity index (χ1) is 7.29. The Hall–Kier alpha value is -0.730. The van der Waals surface area contributed by atoms with Crippen molar-refractivity contribution in [2.75, 3.05) is 0 Å². The first kappa shape index (κ1) is 13.3. The Morgan fingerprint density at radius 3 is 2.12 bits per heavy atom. The maximum atomic E-state index is 11.6. The summed E-state index contributed by atoms with van der Waals surface area (Å²) in [6.45, 7) is 6.05. The van der Waals surface area contributed by atoms with Crippen LogP contribution < -0.4 is 5.32 Å². The summed E-state index contributed by atoms with van der Waals surface area (Å²) in [7, 11) is 0. The minimum atomic E-state index is -0.387. The molecule has 0 aliphatic carbocycles. The van der Waals surface area contributed by atoms with E-state index in [0.717, 1.165) is 5.56 Å². The zero-order chi connectivity index (χ0) is 12.3. The van der Waals surface area contributed by atoms with Crippen molar-refractivity contribution < 1.29 is 4.79 Å². The van der Waals surface area contributed by atoms with Gasteiger partial charge in [0.25, 0.3) is 0 Å². The lowest BCUT2D eigenvalue weighted by Crippen LogP contribution is -2.34. The van der Waals surface area contributed by atoms with Crippen molar-refractivity contribution in [2.45, 2.75) is 27.3 Å². The summed E-state index contributed by atoms with van der Waals surface area (Å²) in [6.07, 6.45) is 0. The second kappa shape index (κ2) is 5.07. The number of amides is 1. The monoisotopic (exact) mass is 259 g/mol. The molecule has 88 valence electrons. The van der Waals surface area contributed by atoms with Gasteiger partial charge in [0.2, 0.25) is 5.91 Å². The van der Waals surface area contributed by atoms with Gasteiger partial charge in [-0.3, -0.25) is 4.79 Å². The van der Waals surface area contributed by atoms with E-state index in [1.807, 2.05) is 20.8 Å². The average Bonchev–Trinajstić information content (AvgIpc) is 2.11. The number of hydrogen-bond acceptors (Lipinski definition) is 1. The van der Waals surface area contributed by atoms with Gasteiger partial charge >= 0.3 is 0 Å². The molecule has 4 heteroatoms. The van der Waals surface area contributed by atoms with Crippen molar-refractivity contribution in [3.63, 3.8) is 0 Å². The van der Waals surface area contributed by atoms with Gasteiger partial charge in [-0.05, 0) is 23.8 Å². The Morgan fingerprint density at radius 1 is 1.19 bits per heavy atom. The highest BCUT2D eigenvalue weighted by atomic mass is 35.5.